The highest BCUT2D eigenvalue weighted by Gasteiger charge is 2.30. The summed E-state index contributed by atoms with van der Waals surface area (Å²) in [7, 11) is -9.91. The van der Waals surface area contributed by atoms with E-state index in [1.165, 1.54) is 218 Å². The normalized spacial score (nSPS) is 14.0. The molecule has 5 atom stereocenters. The summed E-state index contributed by atoms with van der Waals surface area (Å²) in [6.45, 7) is 9.62. The Kier molecular flexibility index (Phi) is 67.4. The zero-order valence-electron chi connectivity index (χ0n) is 62.7. The molecule has 0 saturated heterocycles. The molecule has 0 aliphatic carbocycles. The van der Waals surface area contributed by atoms with Crippen LogP contribution in [0.4, 0.5) is 0 Å². The number of rotatable bonds is 76. The highest BCUT2D eigenvalue weighted by atomic mass is 31.2. The Labute approximate surface area is 588 Å². The van der Waals surface area contributed by atoms with Gasteiger partial charge < -0.3 is 33.8 Å². The first-order valence-corrected chi connectivity index (χ1v) is 43.0. The Balaban J connectivity index is 5.25. The van der Waals surface area contributed by atoms with Crippen LogP contribution >= 0.6 is 15.6 Å². The van der Waals surface area contributed by atoms with Gasteiger partial charge in [0, 0.05) is 25.7 Å². The first kappa shape index (κ1) is 94.1. The van der Waals surface area contributed by atoms with Gasteiger partial charge in [0.25, 0.3) is 0 Å². The highest BCUT2D eigenvalue weighted by molar-refractivity contribution is 7.47. The second-order valence-electron chi connectivity index (χ2n) is 28.7. The molecule has 0 aliphatic rings. The molecule has 2 unspecified atom stereocenters. The van der Waals surface area contributed by atoms with Gasteiger partial charge in [-0.2, -0.15) is 0 Å². The van der Waals surface area contributed by atoms with Crippen LogP contribution in [0.15, 0.2) is 0 Å². The van der Waals surface area contributed by atoms with Crippen LogP contribution < -0.4 is 0 Å². The summed E-state index contributed by atoms with van der Waals surface area (Å²) in [5.41, 5.74) is 0. The average Bonchev–Trinajstić information content (AvgIpc) is 1.26. The average molecular weight is 1410 g/mol. The molecule has 0 aliphatic heterocycles. The molecule has 0 aromatic rings. The number of aliphatic hydroxyl groups excluding tert-OH is 1. The van der Waals surface area contributed by atoms with Crippen molar-refractivity contribution in [3.63, 3.8) is 0 Å². The van der Waals surface area contributed by atoms with Crippen LogP contribution in [-0.2, 0) is 65.4 Å². The topological polar surface area (TPSA) is 237 Å². The van der Waals surface area contributed by atoms with Crippen LogP contribution in [0.2, 0.25) is 0 Å². The molecule has 0 heterocycles. The molecule has 19 heteroatoms. The maximum absolute atomic E-state index is 13.1. The fourth-order valence-electron chi connectivity index (χ4n) is 11.8. The number of hydrogen-bond donors (Lipinski definition) is 3. The van der Waals surface area contributed by atoms with E-state index in [1.54, 1.807) is 0 Å². The lowest BCUT2D eigenvalue weighted by Gasteiger charge is -2.21. The van der Waals surface area contributed by atoms with Gasteiger partial charge >= 0.3 is 39.5 Å². The van der Waals surface area contributed by atoms with Crippen molar-refractivity contribution in [3.05, 3.63) is 0 Å². The molecule has 0 bridgehead atoms. The SMILES string of the molecule is CCCCCCCCCCCCCCCC(=O)OC[C@H](COP(=O)(O)OC[C@@H](O)COP(=O)(O)OC[C@@H](COC(=O)CCCCCCCCCCCC(C)C)OC(=O)CCCCCCCCCCCCCCC)OC(=O)CCCCCCCCCCCCCCCCCC(C)C. The Morgan fingerprint density at radius 2 is 0.479 bits per heavy atom. The maximum Gasteiger partial charge on any atom is 0.472 e. The number of phosphoric acid groups is 2. The van der Waals surface area contributed by atoms with Gasteiger partial charge in [-0.25, -0.2) is 9.13 Å². The lowest BCUT2D eigenvalue weighted by atomic mass is 10.0. The van der Waals surface area contributed by atoms with Gasteiger partial charge in [0.05, 0.1) is 26.4 Å². The zero-order chi connectivity index (χ0) is 70.7. The molecule has 0 fully saturated rings. The van der Waals surface area contributed by atoms with E-state index in [2.05, 4.69) is 41.5 Å². The summed E-state index contributed by atoms with van der Waals surface area (Å²) in [6, 6.07) is 0. The van der Waals surface area contributed by atoms with Crippen LogP contribution in [0.5, 0.6) is 0 Å². The van der Waals surface area contributed by atoms with Crippen LogP contribution in [0.25, 0.3) is 0 Å². The van der Waals surface area contributed by atoms with Gasteiger partial charge in [0.1, 0.15) is 19.3 Å². The highest BCUT2D eigenvalue weighted by Crippen LogP contribution is 2.45. The molecule has 0 radical (unpaired) electrons. The zero-order valence-corrected chi connectivity index (χ0v) is 64.5. The predicted molar refractivity (Wildman–Crippen MR) is 391 cm³/mol. The van der Waals surface area contributed by atoms with Gasteiger partial charge in [-0.05, 0) is 37.5 Å². The molecule has 96 heavy (non-hydrogen) atoms. The molecule has 0 aromatic carbocycles. The van der Waals surface area contributed by atoms with Crippen molar-refractivity contribution in [1.29, 1.82) is 0 Å². The van der Waals surface area contributed by atoms with E-state index in [-0.39, 0.29) is 25.7 Å². The quantitative estimate of drug-likeness (QED) is 0.0222. The number of hydrogen-bond acceptors (Lipinski definition) is 15. The molecular formula is C77H150O17P2. The van der Waals surface area contributed by atoms with Crippen molar-refractivity contribution < 1.29 is 80.2 Å². The van der Waals surface area contributed by atoms with Crippen molar-refractivity contribution >= 4 is 39.5 Å². The van der Waals surface area contributed by atoms with E-state index in [0.29, 0.717) is 25.7 Å². The third kappa shape index (κ3) is 70.5. The Hall–Kier alpha value is -1.94. The molecule has 0 amide bonds. The number of carbonyl (C=O) groups excluding carboxylic acids is 4. The fraction of sp³-hybridized carbons (Fsp3) is 0.948. The second kappa shape index (κ2) is 68.8. The number of unbranched alkanes of at least 4 members (excludes halogenated alkanes) is 46. The number of aliphatic hydroxyl groups is 1. The Morgan fingerprint density at radius 3 is 0.708 bits per heavy atom. The third-order valence-electron chi connectivity index (χ3n) is 18.0. The van der Waals surface area contributed by atoms with Gasteiger partial charge in [0.2, 0.25) is 0 Å². The summed E-state index contributed by atoms with van der Waals surface area (Å²) >= 11 is 0. The summed E-state index contributed by atoms with van der Waals surface area (Å²) < 4.78 is 68.6. The van der Waals surface area contributed by atoms with Crippen molar-refractivity contribution in [2.24, 2.45) is 11.8 Å². The van der Waals surface area contributed by atoms with Crippen LogP contribution in [0.1, 0.15) is 401 Å². The fourth-order valence-corrected chi connectivity index (χ4v) is 13.4. The minimum atomic E-state index is -4.96. The maximum atomic E-state index is 13.1. The van der Waals surface area contributed by atoms with E-state index in [4.69, 9.17) is 37.0 Å². The van der Waals surface area contributed by atoms with E-state index < -0.39 is 97.5 Å². The Morgan fingerprint density at radius 1 is 0.281 bits per heavy atom. The summed E-state index contributed by atoms with van der Waals surface area (Å²) in [5.74, 6) is -0.565. The third-order valence-corrected chi connectivity index (χ3v) is 19.9. The van der Waals surface area contributed by atoms with Gasteiger partial charge in [-0.15, -0.1) is 0 Å². The first-order chi connectivity index (χ1) is 46.4. The van der Waals surface area contributed by atoms with Gasteiger partial charge in [-0.1, -0.05) is 350 Å². The smallest absolute Gasteiger partial charge is 0.462 e. The number of esters is 4. The van der Waals surface area contributed by atoms with Crippen LogP contribution in [0.3, 0.4) is 0 Å². The Bertz CT molecular complexity index is 1860. The molecule has 17 nitrogen and oxygen atoms in total. The number of phosphoric ester groups is 2. The number of carbonyl (C=O) groups is 4. The van der Waals surface area contributed by atoms with Crippen molar-refractivity contribution in [2.45, 2.75) is 419 Å². The molecule has 0 saturated carbocycles. The van der Waals surface area contributed by atoms with Crippen molar-refractivity contribution in [3.8, 4) is 0 Å². The molecule has 0 rings (SSSR count). The monoisotopic (exact) mass is 1410 g/mol. The van der Waals surface area contributed by atoms with Crippen molar-refractivity contribution in [1.82, 2.24) is 0 Å². The summed E-state index contributed by atoms with van der Waals surface area (Å²) in [5, 5.41) is 10.6. The first-order valence-electron chi connectivity index (χ1n) is 40.0. The molecular weight excluding hydrogens is 1260 g/mol. The lowest BCUT2D eigenvalue weighted by Crippen LogP contribution is -2.30. The minimum absolute atomic E-state index is 0.107. The van der Waals surface area contributed by atoms with E-state index in [9.17, 15) is 43.2 Å². The number of ether oxygens (including phenoxy) is 4. The van der Waals surface area contributed by atoms with Gasteiger partial charge in [0.15, 0.2) is 12.2 Å². The molecule has 570 valence electrons. The lowest BCUT2D eigenvalue weighted by molar-refractivity contribution is -0.161. The van der Waals surface area contributed by atoms with E-state index in [1.807, 2.05) is 0 Å². The standard InChI is InChI=1S/C77H150O17P2/c1-7-9-11-13-15-17-19-24-29-35-41-47-53-59-74(79)87-65-72(93-77(82)62-56-50-44-37-31-27-23-21-22-26-28-33-39-45-51-57-69(3)4)67-91-95(83,84)89-63-71(78)64-90-96(85,86)92-68-73(66-88-75(80)60-54-48-42-38-32-34-40-46-52-58-70(5)6)94-76(81)61-55-49-43-36-30-25-20-18-16-14-12-10-8-2/h69-73,78H,7-68H2,1-6H3,(H,83,84)(H,85,86)/t71-,72-,73-/m1/s1. The molecule has 0 aromatic heterocycles. The molecule has 3 N–H and O–H groups in total. The summed E-state index contributed by atoms with van der Waals surface area (Å²) in [4.78, 5) is 72.9. The van der Waals surface area contributed by atoms with E-state index in [0.717, 1.165) is 102 Å². The van der Waals surface area contributed by atoms with Crippen LogP contribution in [0, 0.1) is 11.8 Å². The van der Waals surface area contributed by atoms with Crippen LogP contribution in [-0.4, -0.2) is 96.7 Å². The second-order valence-corrected chi connectivity index (χ2v) is 31.6. The largest absolute Gasteiger partial charge is 0.472 e. The van der Waals surface area contributed by atoms with Crippen molar-refractivity contribution in [2.75, 3.05) is 39.6 Å². The summed E-state index contributed by atoms with van der Waals surface area (Å²) in [6.07, 6.45) is 56.7. The molecule has 0 spiro atoms. The van der Waals surface area contributed by atoms with E-state index >= 15 is 0 Å². The minimum Gasteiger partial charge on any atom is -0.462 e. The van der Waals surface area contributed by atoms with Gasteiger partial charge in [-0.3, -0.25) is 37.3 Å². The predicted octanol–water partition coefficient (Wildman–Crippen LogP) is 22.7.